The minimum Gasteiger partial charge on any atom is -0.491 e. The molecule has 6 nitrogen and oxygen atoms in total. The second-order valence-electron chi connectivity index (χ2n) is 7.51. The molecule has 0 atom stereocenters. The van der Waals surface area contributed by atoms with Crippen molar-refractivity contribution in [3.8, 4) is 5.75 Å². The molecule has 32 heavy (non-hydrogen) atoms. The first-order chi connectivity index (χ1) is 15.3. The van der Waals surface area contributed by atoms with Gasteiger partial charge in [-0.2, -0.15) is 0 Å². The molecule has 0 fully saturated rings. The van der Waals surface area contributed by atoms with Crippen LogP contribution in [0.5, 0.6) is 5.75 Å². The normalized spacial score (nSPS) is 10.4. The fourth-order valence-corrected chi connectivity index (χ4v) is 3.20. The summed E-state index contributed by atoms with van der Waals surface area (Å²) in [6.07, 6.45) is 0.00597. The molecule has 0 aliphatic carbocycles. The molecule has 3 rings (SSSR count). The van der Waals surface area contributed by atoms with Crippen molar-refractivity contribution in [2.75, 3.05) is 10.6 Å². The van der Waals surface area contributed by atoms with Crippen molar-refractivity contribution >= 4 is 40.5 Å². The molecule has 0 bridgehead atoms. The zero-order valence-corrected chi connectivity index (χ0v) is 19.0. The van der Waals surface area contributed by atoms with Gasteiger partial charge in [0.05, 0.1) is 6.10 Å². The van der Waals surface area contributed by atoms with Crippen LogP contribution in [0.4, 0.5) is 11.4 Å². The van der Waals surface area contributed by atoms with Gasteiger partial charge in [0, 0.05) is 22.5 Å². The van der Waals surface area contributed by atoms with E-state index >= 15 is 0 Å². The number of hydrogen-bond acceptors (Lipinski definition) is 4. The van der Waals surface area contributed by atoms with E-state index in [2.05, 4.69) is 16.0 Å². The van der Waals surface area contributed by atoms with Gasteiger partial charge < -0.3 is 15.4 Å². The number of hydrogen-bond donors (Lipinski definition) is 3. The summed E-state index contributed by atoms with van der Waals surface area (Å²) in [6.45, 7) is 5.80. The third-order valence-corrected chi connectivity index (χ3v) is 4.56. The van der Waals surface area contributed by atoms with E-state index in [1.165, 1.54) is 0 Å². The maximum atomic E-state index is 12.6. The van der Waals surface area contributed by atoms with Gasteiger partial charge in [-0.05, 0) is 87.1 Å². The van der Waals surface area contributed by atoms with Crippen LogP contribution in [-0.2, 0) is 0 Å². The highest BCUT2D eigenvalue weighted by Gasteiger charge is 2.11. The lowest BCUT2D eigenvalue weighted by Crippen LogP contribution is -2.34. The number of thiocarbonyl (C=S) groups is 1. The van der Waals surface area contributed by atoms with Gasteiger partial charge in [0.1, 0.15) is 5.75 Å². The van der Waals surface area contributed by atoms with Crippen LogP contribution in [0.2, 0.25) is 0 Å². The number of rotatable bonds is 6. The Hall–Kier alpha value is -3.71. The number of ether oxygens (including phenoxy) is 1. The molecule has 2 amide bonds. The smallest absolute Gasteiger partial charge is 0.257 e. The zero-order valence-electron chi connectivity index (χ0n) is 18.1. The Kier molecular flexibility index (Phi) is 7.57. The minimum absolute atomic E-state index is 0.00597. The lowest BCUT2D eigenvalue weighted by molar-refractivity contribution is 0.0975. The first-order valence-corrected chi connectivity index (χ1v) is 10.6. The molecule has 0 aliphatic heterocycles. The van der Waals surface area contributed by atoms with E-state index in [4.69, 9.17) is 17.0 Å². The van der Waals surface area contributed by atoms with Gasteiger partial charge in [-0.25, -0.2) is 0 Å². The van der Waals surface area contributed by atoms with Crippen molar-refractivity contribution in [2.45, 2.75) is 26.9 Å². The quantitative estimate of drug-likeness (QED) is 0.455. The van der Waals surface area contributed by atoms with Gasteiger partial charge in [0.2, 0.25) is 0 Å². The fraction of sp³-hybridized carbons (Fsp3) is 0.160. The summed E-state index contributed by atoms with van der Waals surface area (Å²) in [7, 11) is 0. The van der Waals surface area contributed by atoms with Gasteiger partial charge in [-0.1, -0.05) is 24.3 Å². The van der Waals surface area contributed by atoms with E-state index in [-0.39, 0.29) is 23.0 Å². The molecule has 7 heteroatoms. The van der Waals surface area contributed by atoms with Crippen LogP contribution in [-0.4, -0.2) is 23.0 Å². The highest BCUT2D eigenvalue weighted by Crippen LogP contribution is 2.16. The summed E-state index contributed by atoms with van der Waals surface area (Å²) in [5.74, 6) is 0.0140. The monoisotopic (exact) mass is 447 g/mol. The molecule has 0 saturated carbocycles. The first kappa shape index (κ1) is 23.0. The van der Waals surface area contributed by atoms with Crippen LogP contribution < -0.4 is 20.7 Å². The van der Waals surface area contributed by atoms with Gasteiger partial charge in [-0.3, -0.25) is 14.9 Å². The van der Waals surface area contributed by atoms with Gasteiger partial charge in [-0.15, -0.1) is 0 Å². The molecule has 3 aromatic carbocycles. The maximum Gasteiger partial charge on any atom is 0.257 e. The minimum atomic E-state index is -0.356. The molecular weight excluding hydrogens is 422 g/mol. The van der Waals surface area contributed by atoms with Crippen molar-refractivity contribution in [2.24, 2.45) is 0 Å². The Morgan fingerprint density at radius 2 is 1.44 bits per heavy atom. The number of aryl methyl sites for hydroxylation is 1. The SMILES string of the molecule is Cc1cccc(NC(=O)c2cccc(NC(=S)NC(=O)c3cccc(OC(C)C)c3)c2)c1. The summed E-state index contributed by atoms with van der Waals surface area (Å²) >= 11 is 5.27. The van der Waals surface area contributed by atoms with E-state index in [9.17, 15) is 9.59 Å². The number of amides is 2. The summed E-state index contributed by atoms with van der Waals surface area (Å²) in [5.41, 5.74) is 3.26. The third-order valence-electron chi connectivity index (χ3n) is 4.35. The summed E-state index contributed by atoms with van der Waals surface area (Å²) < 4.78 is 5.62. The largest absolute Gasteiger partial charge is 0.491 e. The molecule has 0 radical (unpaired) electrons. The molecule has 0 aliphatic rings. The second kappa shape index (κ2) is 10.5. The molecule has 0 saturated heterocycles. The summed E-state index contributed by atoms with van der Waals surface area (Å²) in [6, 6.07) is 21.3. The zero-order chi connectivity index (χ0) is 23.1. The topological polar surface area (TPSA) is 79.5 Å². The average molecular weight is 448 g/mol. The van der Waals surface area contributed by atoms with Gasteiger partial charge in [0.25, 0.3) is 11.8 Å². The Morgan fingerprint density at radius 1 is 0.812 bits per heavy atom. The molecule has 3 aromatic rings. The van der Waals surface area contributed by atoms with Crippen LogP contribution in [0.1, 0.15) is 40.1 Å². The van der Waals surface area contributed by atoms with Gasteiger partial charge in [0.15, 0.2) is 5.11 Å². The van der Waals surface area contributed by atoms with Crippen LogP contribution in [0.15, 0.2) is 72.8 Å². The van der Waals surface area contributed by atoms with E-state index in [1.807, 2.05) is 45.0 Å². The van der Waals surface area contributed by atoms with Crippen LogP contribution in [0, 0.1) is 6.92 Å². The standard InChI is InChI=1S/C25H25N3O3S/c1-16(2)31-22-12-6-9-19(15-22)24(30)28-25(32)27-21-11-5-8-18(14-21)23(29)26-20-10-4-7-17(3)13-20/h4-16H,1-3H3,(H,26,29)(H2,27,28,30,32). The Morgan fingerprint density at radius 3 is 2.12 bits per heavy atom. The molecule has 0 unspecified atom stereocenters. The lowest BCUT2D eigenvalue weighted by atomic mass is 10.1. The maximum absolute atomic E-state index is 12.6. The van der Waals surface area contributed by atoms with Crippen molar-refractivity contribution in [1.29, 1.82) is 0 Å². The Balaban J connectivity index is 1.62. The molecule has 0 heterocycles. The third kappa shape index (κ3) is 6.65. The summed E-state index contributed by atoms with van der Waals surface area (Å²) in [4.78, 5) is 25.1. The van der Waals surface area contributed by atoms with Crippen molar-refractivity contribution in [3.05, 3.63) is 89.5 Å². The first-order valence-electron chi connectivity index (χ1n) is 10.2. The van der Waals surface area contributed by atoms with E-state index < -0.39 is 0 Å². The molecular formula is C25H25N3O3S. The molecule has 0 spiro atoms. The predicted molar refractivity (Wildman–Crippen MR) is 131 cm³/mol. The number of carbonyl (C=O) groups excluding carboxylic acids is 2. The van der Waals surface area contributed by atoms with E-state index in [0.717, 1.165) is 11.3 Å². The number of anilines is 2. The fourth-order valence-electron chi connectivity index (χ4n) is 2.98. The Labute approximate surface area is 193 Å². The predicted octanol–water partition coefficient (Wildman–Crippen LogP) is 5.16. The van der Waals surface area contributed by atoms with Crippen molar-refractivity contribution in [3.63, 3.8) is 0 Å². The Bertz CT molecular complexity index is 1140. The molecule has 0 aromatic heterocycles. The van der Waals surface area contributed by atoms with E-state index in [1.54, 1.807) is 48.5 Å². The number of nitrogens with one attached hydrogen (secondary N) is 3. The highest BCUT2D eigenvalue weighted by molar-refractivity contribution is 7.80. The highest BCUT2D eigenvalue weighted by atomic mass is 32.1. The van der Waals surface area contributed by atoms with Crippen LogP contribution >= 0.6 is 12.2 Å². The number of carbonyl (C=O) groups is 2. The van der Waals surface area contributed by atoms with Gasteiger partial charge >= 0.3 is 0 Å². The van der Waals surface area contributed by atoms with E-state index in [0.29, 0.717) is 22.6 Å². The number of benzene rings is 3. The van der Waals surface area contributed by atoms with Crippen LogP contribution in [0.3, 0.4) is 0 Å². The lowest BCUT2D eigenvalue weighted by Gasteiger charge is -2.13. The van der Waals surface area contributed by atoms with Crippen molar-refractivity contribution < 1.29 is 14.3 Å². The second-order valence-corrected chi connectivity index (χ2v) is 7.92. The van der Waals surface area contributed by atoms with Crippen molar-refractivity contribution in [1.82, 2.24) is 5.32 Å². The average Bonchev–Trinajstić information content (AvgIpc) is 2.73. The molecule has 164 valence electrons. The van der Waals surface area contributed by atoms with Crippen LogP contribution in [0.25, 0.3) is 0 Å². The molecule has 3 N–H and O–H groups in total. The summed E-state index contributed by atoms with van der Waals surface area (Å²) in [5, 5.41) is 8.59.